The first-order valence-electron chi connectivity index (χ1n) is 10.4. The van der Waals surface area contributed by atoms with E-state index < -0.39 is 23.7 Å². The van der Waals surface area contributed by atoms with E-state index in [1.165, 1.54) is 12.1 Å². The van der Waals surface area contributed by atoms with Crippen molar-refractivity contribution in [2.45, 2.75) is 70.6 Å². The molecule has 164 valence electrons. The number of hydrazine groups is 1. The van der Waals surface area contributed by atoms with Gasteiger partial charge < -0.3 is 4.74 Å². The molecule has 1 unspecified atom stereocenters. The summed E-state index contributed by atoms with van der Waals surface area (Å²) in [4.78, 5) is 11.9. The first-order valence-corrected chi connectivity index (χ1v) is 10.4. The van der Waals surface area contributed by atoms with Gasteiger partial charge in [-0.05, 0) is 43.4 Å². The summed E-state index contributed by atoms with van der Waals surface area (Å²) in [6.07, 6.45) is -0.492. The highest BCUT2D eigenvalue weighted by Crippen LogP contribution is 2.44. The molecule has 0 radical (unpaired) electrons. The van der Waals surface area contributed by atoms with Crippen LogP contribution in [0.4, 0.5) is 13.2 Å². The molecule has 2 aromatic rings. The summed E-state index contributed by atoms with van der Waals surface area (Å²) in [6.45, 7) is 5.84. The summed E-state index contributed by atoms with van der Waals surface area (Å²) < 4.78 is 48.6. The van der Waals surface area contributed by atoms with Crippen molar-refractivity contribution < 1.29 is 22.7 Å². The quantitative estimate of drug-likeness (QED) is 0.537. The average molecular weight is 422 g/mol. The van der Waals surface area contributed by atoms with Crippen molar-refractivity contribution in [1.82, 2.24) is 10.4 Å². The monoisotopic (exact) mass is 422 g/mol. The van der Waals surface area contributed by atoms with Crippen LogP contribution in [0.5, 0.6) is 5.75 Å². The number of ether oxygens (including phenoxy) is 1. The van der Waals surface area contributed by atoms with Gasteiger partial charge in [-0.1, -0.05) is 50.5 Å². The molecule has 4 nitrogen and oxygen atoms in total. The largest absolute Gasteiger partial charge is 0.493 e. The minimum absolute atomic E-state index is 0.00788. The van der Waals surface area contributed by atoms with E-state index in [9.17, 15) is 18.0 Å². The fourth-order valence-corrected chi connectivity index (χ4v) is 3.99. The predicted octanol–water partition coefficient (Wildman–Crippen LogP) is 5.92. The van der Waals surface area contributed by atoms with E-state index >= 15 is 0 Å². The molecular formula is C23H29F3N2O2. The number of halogens is 3. The number of carbonyl (C=O) groups is 1. The molecule has 0 spiro atoms. The molecule has 0 saturated carbocycles. The lowest BCUT2D eigenvalue weighted by Gasteiger charge is -2.38. The van der Waals surface area contributed by atoms with Gasteiger partial charge in [0.25, 0.3) is 0 Å². The molecule has 0 bridgehead atoms. The number of nitrogens with one attached hydrogen (secondary N) is 1. The van der Waals surface area contributed by atoms with E-state index in [1.54, 1.807) is 26.0 Å². The zero-order chi connectivity index (χ0) is 21.9. The van der Waals surface area contributed by atoms with E-state index in [0.717, 1.165) is 36.1 Å². The Kier molecular flexibility index (Phi) is 6.60. The van der Waals surface area contributed by atoms with E-state index in [-0.39, 0.29) is 12.0 Å². The number of unbranched alkanes of at least 4 members (excludes halogenated alkanes) is 3. The second-order valence-electron chi connectivity index (χ2n) is 8.49. The Balaban J connectivity index is 2.00. The molecule has 7 heteroatoms. The first-order chi connectivity index (χ1) is 14.1. The fourth-order valence-electron chi connectivity index (χ4n) is 3.99. The van der Waals surface area contributed by atoms with Crippen molar-refractivity contribution in [2.75, 3.05) is 6.61 Å². The summed E-state index contributed by atoms with van der Waals surface area (Å²) in [6, 6.07) is 8.32. The molecule has 0 aliphatic carbocycles. The number of alkyl halides is 3. The number of carbonyl (C=O) groups excluding carboxylic acids is 1. The number of hydrogen-bond acceptors (Lipinski definition) is 3. The number of benzene rings is 2. The van der Waals surface area contributed by atoms with E-state index in [0.29, 0.717) is 17.7 Å². The second-order valence-corrected chi connectivity index (χ2v) is 8.49. The van der Waals surface area contributed by atoms with Crippen molar-refractivity contribution in [1.29, 1.82) is 0 Å². The molecule has 1 heterocycles. The maximum Gasteiger partial charge on any atom is 0.409 e. The lowest BCUT2D eigenvalue weighted by Crippen LogP contribution is -2.51. The molecule has 1 fully saturated rings. The van der Waals surface area contributed by atoms with Crippen LogP contribution in [-0.4, -0.2) is 29.2 Å². The minimum atomic E-state index is -4.57. The highest BCUT2D eigenvalue weighted by atomic mass is 19.4. The van der Waals surface area contributed by atoms with Gasteiger partial charge in [0.05, 0.1) is 6.61 Å². The van der Waals surface area contributed by atoms with Gasteiger partial charge in [-0.15, -0.1) is 0 Å². The van der Waals surface area contributed by atoms with Gasteiger partial charge in [0, 0.05) is 17.3 Å². The van der Waals surface area contributed by atoms with Gasteiger partial charge in [-0.3, -0.25) is 10.2 Å². The van der Waals surface area contributed by atoms with Crippen molar-refractivity contribution in [3.8, 4) is 5.75 Å². The van der Waals surface area contributed by atoms with Gasteiger partial charge in [0.2, 0.25) is 5.91 Å². The second kappa shape index (κ2) is 8.84. The predicted molar refractivity (Wildman–Crippen MR) is 111 cm³/mol. The van der Waals surface area contributed by atoms with Crippen molar-refractivity contribution in [3.63, 3.8) is 0 Å². The van der Waals surface area contributed by atoms with Crippen LogP contribution in [0.1, 0.15) is 64.5 Å². The van der Waals surface area contributed by atoms with Gasteiger partial charge >= 0.3 is 6.18 Å². The molecule has 2 aromatic carbocycles. The van der Waals surface area contributed by atoms with E-state index in [4.69, 9.17) is 4.74 Å². The summed E-state index contributed by atoms with van der Waals surface area (Å²) in [5.41, 5.74) is 1.50. The third kappa shape index (κ3) is 4.89. The lowest BCUT2D eigenvalue weighted by molar-refractivity contribution is -0.203. The number of amides is 1. The van der Waals surface area contributed by atoms with Crippen LogP contribution >= 0.6 is 0 Å². The Morgan fingerprint density at radius 2 is 1.90 bits per heavy atom. The zero-order valence-electron chi connectivity index (χ0n) is 17.7. The summed E-state index contributed by atoms with van der Waals surface area (Å²) in [5.74, 6) is 0.0274. The molecule has 30 heavy (non-hydrogen) atoms. The van der Waals surface area contributed by atoms with E-state index in [1.807, 2.05) is 12.1 Å². The Hall–Kier alpha value is -2.28. The number of hydrogen-bond donors (Lipinski definition) is 1. The van der Waals surface area contributed by atoms with Crippen LogP contribution in [0.3, 0.4) is 0 Å². The first kappa shape index (κ1) is 22.4. The topological polar surface area (TPSA) is 41.6 Å². The summed E-state index contributed by atoms with van der Waals surface area (Å²) >= 11 is 0. The Bertz CT molecular complexity index is 896. The van der Waals surface area contributed by atoms with Crippen LogP contribution in [0.25, 0.3) is 10.8 Å². The van der Waals surface area contributed by atoms with Crippen molar-refractivity contribution in [2.24, 2.45) is 0 Å². The van der Waals surface area contributed by atoms with Crippen LogP contribution in [0, 0.1) is 0 Å². The zero-order valence-corrected chi connectivity index (χ0v) is 17.7. The highest BCUT2D eigenvalue weighted by molar-refractivity contribution is 5.89. The normalized spacial score (nSPS) is 17.9. The summed E-state index contributed by atoms with van der Waals surface area (Å²) in [5, 5.41) is 2.49. The van der Waals surface area contributed by atoms with Gasteiger partial charge in [-0.2, -0.15) is 18.2 Å². The molecule has 1 atom stereocenters. The Morgan fingerprint density at radius 1 is 1.17 bits per heavy atom. The van der Waals surface area contributed by atoms with Crippen LogP contribution in [0.2, 0.25) is 0 Å². The van der Waals surface area contributed by atoms with Crippen LogP contribution < -0.4 is 10.2 Å². The molecule has 0 aromatic heterocycles. The summed E-state index contributed by atoms with van der Waals surface area (Å²) in [7, 11) is 0. The molecule has 1 amide bonds. The fraction of sp³-hybridized carbons (Fsp3) is 0.522. The third-order valence-corrected chi connectivity index (χ3v) is 5.48. The SMILES string of the molecule is CCCCCCOc1cc(C(N2NC(=O)CC2(C)C)C(F)(F)F)cc2ccccc12. The maximum absolute atomic E-state index is 14.2. The minimum Gasteiger partial charge on any atom is -0.493 e. The van der Waals surface area contributed by atoms with Crippen molar-refractivity contribution >= 4 is 16.7 Å². The number of rotatable bonds is 8. The molecular weight excluding hydrogens is 393 g/mol. The molecule has 1 N–H and O–H groups in total. The average Bonchev–Trinajstić information content (AvgIpc) is 2.92. The molecule has 1 aliphatic heterocycles. The third-order valence-electron chi connectivity index (χ3n) is 5.48. The maximum atomic E-state index is 14.2. The standard InChI is InChI=1S/C23H29F3N2O2/c1-4-5-6-9-12-30-19-14-17(13-16-10-7-8-11-18(16)19)21(23(24,25)26)28-22(2,3)15-20(29)27-28/h7-8,10-11,13-14,21H,4-6,9,12,15H2,1-3H3,(H,27,29). The Labute approximate surface area is 175 Å². The lowest BCUT2D eigenvalue weighted by atomic mass is 9.95. The Morgan fingerprint density at radius 3 is 2.53 bits per heavy atom. The smallest absolute Gasteiger partial charge is 0.409 e. The highest BCUT2D eigenvalue weighted by Gasteiger charge is 2.53. The van der Waals surface area contributed by atoms with Crippen LogP contribution in [-0.2, 0) is 4.79 Å². The van der Waals surface area contributed by atoms with Crippen LogP contribution in [0.15, 0.2) is 36.4 Å². The van der Waals surface area contributed by atoms with E-state index in [2.05, 4.69) is 12.3 Å². The van der Waals surface area contributed by atoms with Gasteiger partial charge in [0.1, 0.15) is 5.75 Å². The number of nitrogens with zero attached hydrogens (tertiary/aromatic N) is 1. The molecule has 1 saturated heterocycles. The van der Waals surface area contributed by atoms with Gasteiger partial charge in [0.15, 0.2) is 6.04 Å². The molecule has 1 aliphatic rings. The number of fused-ring (bicyclic) bond motifs is 1. The molecule has 3 rings (SSSR count). The van der Waals surface area contributed by atoms with Gasteiger partial charge in [-0.25, -0.2) is 0 Å². The van der Waals surface area contributed by atoms with Crippen molar-refractivity contribution in [3.05, 3.63) is 42.0 Å².